The lowest BCUT2D eigenvalue weighted by molar-refractivity contribution is 0.0338. The van der Waals surface area contributed by atoms with Gasteiger partial charge in [-0.15, -0.1) is 0 Å². The Hall–Kier alpha value is -0.160. The number of hydrogen-bond acceptors (Lipinski definition) is 4. The van der Waals surface area contributed by atoms with Gasteiger partial charge in [-0.3, -0.25) is 4.90 Å². The van der Waals surface area contributed by atoms with Crippen molar-refractivity contribution in [3.8, 4) is 0 Å². The summed E-state index contributed by atoms with van der Waals surface area (Å²) in [6.45, 7) is 14.4. The summed E-state index contributed by atoms with van der Waals surface area (Å²) < 4.78 is 10.6. The predicted molar refractivity (Wildman–Crippen MR) is 77.1 cm³/mol. The molecule has 0 radical (unpaired) electrons. The normalized spacial score (nSPS) is 16.0. The molecule has 110 valence electrons. The Balaban J connectivity index is 4.51. The SMILES string of the molecule is CCN(C(C)COC)C(CNC(C)(C)C)COC. The van der Waals surface area contributed by atoms with E-state index in [9.17, 15) is 0 Å². The number of nitrogens with zero attached hydrogens (tertiary/aromatic N) is 1. The van der Waals surface area contributed by atoms with Crippen LogP contribution >= 0.6 is 0 Å². The van der Waals surface area contributed by atoms with Gasteiger partial charge in [0.2, 0.25) is 0 Å². The zero-order valence-corrected chi connectivity index (χ0v) is 13.2. The van der Waals surface area contributed by atoms with Crippen molar-refractivity contribution in [3.63, 3.8) is 0 Å². The highest BCUT2D eigenvalue weighted by Gasteiger charge is 2.23. The number of methoxy groups -OCH3 is 2. The molecule has 0 fully saturated rings. The second-order valence-electron chi connectivity index (χ2n) is 5.87. The fourth-order valence-electron chi connectivity index (χ4n) is 2.16. The topological polar surface area (TPSA) is 33.7 Å². The van der Waals surface area contributed by atoms with Crippen LogP contribution in [0.4, 0.5) is 0 Å². The standard InChI is InChI=1S/C14H32N2O2/c1-8-16(12(2)10-17-6)13(11-18-7)9-15-14(3,4)5/h12-13,15H,8-11H2,1-7H3. The molecule has 4 heteroatoms. The summed E-state index contributed by atoms with van der Waals surface area (Å²) in [5, 5.41) is 3.56. The summed E-state index contributed by atoms with van der Waals surface area (Å²) in [7, 11) is 3.52. The van der Waals surface area contributed by atoms with Crippen molar-refractivity contribution in [1.82, 2.24) is 10.2 Å². The van der Waals surface area contributed by atoms with Crippen LogP contribution in [0.3, 0.4) is 0 Å². The van der Waals surface area contributed by atoms with Gasteiger partial charge in [0.15, 0.2) is 0 Å². The third-order valence-corrected chi connectivity index (χ3v) is 3.04. The van der Waals surface area contributed by atoms with Crippen LogP contribution in [0.1, 0.15) is 34.6 Å². The van der Waals surface area contributed by atoms with Crippen LogP contribution < -0.4 is 5.32 Å². The maximum absolute atomic E-state index is 5.36. The second-order valence-corrected chi connectivity index (χ2v) is 5.87. The number of ether oxygens (including phenoxy) is 2. The minimum Gasteiger partial charge on any atom is -0.383 e. The van der Waals surface area contributed by atoms with Crippen LogP contribution in [-0.4, -0.2) is 63.0 Å². The monoisotopic (exact) mass is 260 g/mol. The highest BCUT2D eigenvalue weighted by molar-refractivity contribution is 4.81. The Morgan fingerprint density at radius 2 is 1.67 bits per heavy atom. The smallest absolute Gasteiger partial charge is 0.0630 e. The number of nitrogens with one attached hydrogen (secondary N) is 1. The Morgan fingerprint density at radius 1 is 1.11 bits per heavy atom. The third-order valence-electron chi connectivity index (χ3n) is 3.04. The molecular weight excluding hydrogens is 228 g/mol. The first-order valence-corrected chi connectivity index (χ1v) is 6.84. The quantitative estimate of drug-likeness (QED) is 0.685. The highest BCUT2D eigenvalue weighted by Crippen LogP contribution is 2.08. The van der Waals surface area contributed by atoms with Crippen molar-refractivity contribution in [1.29, 1.82) is 0 Å². The Bertz CT molecular complexity index is 204. The first kappa shape index (κ1) is 17.8. The van der Waals surface area contributed by atoms with Crippen LogP contribution in [0.25, 0.3) is 0 Å². The van der Waals surface area contributed by atoms with E-state index >= 15 is 0 Å². The van der Waals surface area contributed by atoms with Crippen LogP contribution in [0.15, 0.2) is 0 Å². The molecule has 0 aliphatic carbocycles. The van der Waals surface area contributed by atoms with Crippen LogP contribution in [0, 0.1) is 0 Å². The zero-order valence-electron chi connectivity index (χ0n) is 13.2. The van der Waals surface area contributed by atoms with Gasteiger partial charge in [-0.05, 0) is 34.2 Å². The molecule has 2 unspecified atom stereocenters. The molecule has 0 spiro atoms. The van der Waals surface area contributed by atoms with Gasteiger partial charge in [0.05, 0.1) is 13.2 Å². The van der Waals surface area contributed by atoms with Crippen molar-refractivity contribution >= 4 is 0 Å². The largest absolute Gasteiger partial charge is 0.383 e. The van der Waals surface area contributed by atoms with Gasteiger partial charge in [0, 0.05) is 38.4 Å². The van der Waals surface area contributed by atoms with E-state index in [1.807, 2.05) is 0 Å². The summed E-state index contributed by atoms with van der Waals surface area (Å²) in [4.78, 5) is 2.44. The van der Waals surface area contributed by atoms with Gasteiger partial charge < -0.3 is 14.8 Å². The van der Waals surface area contributed by atoms with Crippen molar-refractivity contribution in [2.45, 2.75) is 52.2 Å². The number of hydrogen-bond donors (Lipinski definition) is 1. The molecule has 0 aromatic carbocycles. The molecule has 0 saturated carbocycles. The van der Waals surface area contributed by atoms with Gasteiger partial charge in [-0.25, -0.2) is 0 Å². The molecular formula is C14H32N2O2. The lowest BCUT2D eigenvalue weighted by atomic mass is 10.1. The first-order valence-electron chi connectivity index (χ1n) is 6.84. The molecule has 4 nitrogen and oxygen atoms in total. The minimum atomic E-state index is 0.135. The second kappa shape index (κ2) is 8.86. The van der Waals surface area contributed by atoms with E-state index in [2.05, 4.69) is 44.8 Å². The van der Waals surface area contributed by atoms with E-state index < -0.39 is 0 Å². The molecule has 2 atom stereocenters. The van der Waals surface area contributed by atoms with E-state index in [1.165, 1.54) is 0 Å². The number of rotatable bonds is 9. The third kappa shape index (κ3) is 7.31. The maximum Gasteiger partial charge on any atom is 0.0630 e. The predicted octanol–water partition coefficient (Wildman–Crippen LogP) is 1.75. The fourth-order valence-corrected chi connectivity index (χ4v) is 2.16. The minimum absolute atomic E-state index is 0.135. The summed E-state index contributed by atoms with van der Waals surface area (Å²) in [5.41, 5.74) is 0.135. The van der Waals surface area contributed by atoms with Crippen molar-refractivity contribution < 1.29 is 9.47 Å². The van der Waals surface area contributed by atoms with Crippen molar-refractivity contribution in [2.24, 2.45) is 0 Å². The van der Waals surface area contributed by atoms with Crippen molar-refractivity contribution in [3.05, 3.63) is 0 Å². The summed E-state index contributed by atoms with van der Waals surface area (Å²) >= 11 is 0. The van der Waals surface area contributed by atoms with Gasteiger partial charge in [-0.1, -0.05) is 6.92 Å². The lowest BCUT2D eigenvalue weighted by Crippen LogP contribution is -2.53. The zero-order chi connectivity index (χ0) is 14.2. The Morgan fingerprint density at radius 3 is 2.06 bits per heavy atom. The van der Waals surface area contributed by atoms with Crippen LogP contribution in [0.5, 0.6) is 0 Å². The van der Waals surface area contributed by atoms with Crippen molar-refractivity contribution in [2.75, 3.05) is 40.5 Å². The molecule has 0 amide bonds. The van der Waals surface area contributed by atoms with E-state index in [0.29, 0.717) is 12.1 Å². The molecule has 18 heavy (non-hydrogen) atoms. The Kier molecular flexibility index (Phi) is 8.78. The number of likely N-dealkylation sites (N-methyl/N-ethyl adjacent to an activating group) is 1. The molecule has 0 saturated heterocycles. The van der Waals surface area contributed by atoms with Gasteiger partial charge >= 0.3 is 0 Å². The van der Waals surface area contributed by atoms with Gasteiger partial charge in [-0.2, -0.15) is 0 Å². The molecule has 0 bridgehead atoms. The summed E-state index contributed by atoms with van der Waals surface area (Å²) in [6.07, 6.45) is 0. The van der Waals surface area contributed by atoms with Gasteiger partial charge in [0.25, 0.3) is 0 Å². The van der Waals surface area contributed by atoms with E-state index in [0.717, 1.165) is 26.3 Å². The fraction of sp³-hybridized carbons (Fsp3) is 1.00. The van der Waals surface area contributed by atoms with E-state index in [-0.39, 0.29) is 5.54 Å². The Labute approximate surface area is 113 Å². The highest BCUT2D eigenvalue weighted by atomic mass is 16.5. The first-order chi connectivity index (χ1) is 8.35. The lowest BCUT2D eigenvalue weighted by Gasteiger charge is -2.36. The molecule has 0 aliphatic heterocycles. The maximum atomic E-state index is 5.36. The van der Waals surface area contributed by atoms with Crippen LogP contribution in [-0.2, 0) is 9.47 Å². The van der Waals surface area contributed by atoms with Crippen LogP contribution in [0.2, 0.25) is 0 Å². The molecule has 0 heterocycles. The summed E-state index contributed by atoms with van der Waals surface area (Å²) in [6, 6.07) is 0.784. The van der Waals surface area contributed by atoms with E-state index in [4.69, 9.17) is 9.47 Å². The average Bonchev–Trinajstić information content (AvgIpc) is 2.26. The molecule has 0 aromatic rings. The molecule has 0 aliphatic rings. The average molecular weight is 260 g/mol. The molecule has 1 N–H and O–H groups in total. The molecule has 0 aromatic heterocycles. The van der Waals surface area contributed by atoms with Gasteiger partial charge in [0.1, 0.15) is 0 Å². The van der Waals surface area contributed by atoms with E-state index in [1.54, 1.807) is 14.2 Å². The summed E-state index contributed by atoms with van der Waals surface area (Å²) in [5.74, 6) is 0. The molecule has 0 rings (SSSR count).